The number of aromatic amines is 1. The average Bonchev–Trinajstić information content (AvgIpc) is 3.20. The molecule has 0 fully saturated rings. The van der Waals surface area contributed by atoms with Gasteiger partial charge in [-0.1, -0.05) is 12.1 Å². The van der Waals surface area contributed by atoms with Crippen molar-refractivity contribution in [2.45, 2.75) is 4.90 Å². The fraction of sp³-hybridized carbons (Fsp3) is 0.0476. The van der Waals surface area contributed by atoms with Crippen LogP contribution in [0, 0.1) is 5.82 Å². The number of rotatable bonds is 5. The number of aromatic nitrogens is 3. The summed E-state index contributed by atoms with van der Waals surface area (Å²) in [5.41, 5.74) is 3.57. The Hall–Kier alpha value is -3.36. The molecule has 2 N–H and O–H groups in total. The molecule has 2 heterocycles. The first-order valence-electron chi connectivity index (χ1n) is 8.78. The number of sulfonamides is 1. The summed E-state index contributed by atoms with van der Waals surface area (Å²) in [6.07, 6.45) is 3.34. The van der Waals surface area contributed by atoms with Gasteiger partial charge in [-0.25, -0.2) is 22.5 Å². The Labute approximate surface area is 167 Å². The van der Waals surface area contributed by atoms with E-state index in [4.69, 9.17) is 4.98 Å². The molecule has 8 heteroatoms. The van der Waals surface area contributed by atoms with Crippen LogP contribution in [0.25, 0.3) is 33.9 Å². The largest absolute Gasteiger partial charge is 0.337 e. The van der Waals surface area contributed by atoms with Gasteiger partial charge in [-0.15, -0.1) is 0 Å². The Kier molecular flexibility index (Phi) is 4.96. The van der Waals surface area contributed by atoms with Crippen LogP contribution in [0.3, 0.4) is 0 Å². The zero-order chi connectivity index (χ0) is 20.4. The molecule has 2 aromatic carbocycles. The van der Waals surface area contributed by atoms with E-state index < -0.39 is 10.0 Å². The highest BCUT2D eigenvalue weighted by Gasteiger charge is 2.17. The molecule has 2 aromatic heterocycles. The highest BCUT2D eigenvalue weighted by atomic mass is 32.2. The van der Waals surface area contributed by atoms with Gasteiger partial charge in [-0.05, 0) is 55.6 Å². The molecule has 0 radical (unpaired) electrons. The molecule has 0 saturated carbocycles. The van der Waals surface area contributed by atoms with E-state index >= 15 is 0 Å². The standard InChI is InChI=1S/C21H17FN4O2S/c1-23-29(27,28)18-4-2-3-16(13-18)21-25-19(14-5-7-17(22)8-6-14)20(26-21)15-9-11-24-12-10-15/h2-13,23H,1H3,(H,25,26). The molecule has 0 aliphatic rings. The lowest BCUT2D eigenvalue weighted by molar-refractivity contribution is 0.588. The summed E-state index contributed by atoms with van der Waals surface area (Å²) in [7, 11) is -2.22. The molecular weight excluding hydrogens is 391 g/mol. The van der Waals surface area contributed by atoms with Crippen molar-refractivity contribution in [2.75, 3.05) is 7.05 Å². The summed E-state index contributed by atoms with van der Waals surface area (Å²) < 4.78 is 40.0. The zero-order valence-corrected chi connectivity index (χ0v) is 16.2. The van der Waals surface area contributed by atoms with E-state index in [1.54, 1.807) is 42.7 Å². The second-order valence-corrected chi connectivity index (χ2v) is 8.17. The third kappa shape index (κ3) is 3.80. The number of nitrogens with zero attached hydrogens (tertiary/aromatic N) is 2. The Balaban J connectivity index is 1.88. The summed E-state index contributed by atoms with van der Waals surface area (Å²) in [6, 6.07) is 16.2. The highest BCUT2D eigenvalue weighted by Crippen LogP contribution is 2.33. The summed E-state index contributed by atoms with van der Waals surface area (Å²) in [6.45, 7) is 0. The summed E-state index contributed by atoms with van der Waals surface area (Å²) in [5.74, 6) is 0.171. The van der Waals surface area contributed by atoms with Crippen LogP contribution in [0.2, 0.25) is 0 Å². The zero-order valence-electron chi connectivity index (χ0n) is 15.4. The number of imidazole rings is 1. The predicted octanol–water partition coefficient (Wildman–Crippen LogP) is 3.85. The maximum Gasteiger partial charge on any atom is 0.240 e. The molecule has 29 heavy (non-hydrogen) atoms. The minimum absolute atomic E-state index is 0.141. The van der Waals surface area contributed by atoms with Gasteiger partial charge in [0.15, 0.2) is 0 Å². The smallest absolute Gasteiger partial charge is 0.240 e. The van der Waals surface area contributed by atoms with Crippen molar-refractivity contribution >= 4 is 10.0 Å². The van der Waals surface area contributed by atoms with Gasteiger partial charge in [0.1, 0.15) is 11.6 Å². The predicted molar refractivity (Wildman–Crippen MR) is 109 cm³/mol. The molecule has 0 atom stereocenters. The molecule has 0 amide bonds. The maximum absolute atomic E-state index is 13.4. The van der Waals surface area contributed by atoms with Crippen molar-refractivity contribution in [2.24, 2.45) is 0 Å². The van der Waals surface area contributed by atoms with Crippen molar-refractivity contribution in [1.82, 2.24) is 19.7 Å². The third-order valence-electron chi connectivity index (χ3n) is 4.48. The lowest BCUT2D eigenvalue weighted by atomic mass is 10.1. The number of hydrogen-bond donors (Lipinski definition) is 2. The van der Waals surface area contributed by atoms with Gasteiger partial charge >= 0.3 is 0 Å². The third-order valence-corrected chi connectivity index (χ3v) is 5.89. The molecule has 0 bridgehead atoms. The quantitative estimate of drug-likeness (QED) is 0.525. The van der Waals surface area contributed by atoms with Gasteiger partial charge in [-0.3, -0.25) is 4.98 Å². The van der Waals surface area contributed by atoms with Crippen molar-refractivity contribution in [3.63, 3.8) is 0 Å². The second kappa shape index (κ2) is 7.57. The number of pyridine rings is 1. The van der Waals surface area contributed by atoms with Crippen LogP contribution in [0.1, 0.15) is 0 Å². The van der Waals surface area contributed by atoms with Crippen molar-refractivity contribution in [1.29, 1.82) is 0 Å². The van der Waals surface area contributed by atoms with Gasteiger partial charge in [0, 0.05) is 29.1 Å². The van der Waals surface area contributed by atoms with E-state index in [0.717, 1.165) is 16.8 Å². The van der Waals surface area contributed by atoms with Gasteiger partial charge in [0.25, 0.3) is 0 Å². The Morgan fingerprint density at radius 2 is 1.66 bits per heavy atom. The van der Waals surface area contributed by atoms with Gasteiger partial charge in [0.05, 0.1) is 16.3 Å². The first kappa shape index (κ1) is 19.0. The minimum Gasteiger partial charge on any atom is -0.337 e. The van der Waals surface area contributed by atoms with Crippen LogP contribution in [0.15, 0.2) is 78.0 Å². The molecule has 6 nitrogen and oxygen atoms in total. The topological polar surface area (TPSA) is 87.7 Å². The molecule has 0 aliphatic carbocycles. The number of halogens is 1. The van der Waals surface area contributed by atoms with E-state index in [1.165, 1.54) is 25.2 Å². The molecular formula is C21H17FN4O2S. The van der Waals surface area contributed by atoms with Crippen LogP contribution in [0.4, 0.5) is 4.39 Å². The molecule has 146 valence electrons. The van der Waals surface area contributed by atoms with E-state index in [0.29, 0.717) is 17.1 Å². The van der Waals surface area contributed by atoms with Crippen LogP contribution in [-0.4, -0.2) is 30.4 Å². The van der Waals surface area contributed by atoms with Gasteiger partial charge in [-0.2, -0.15) is 0 Å². The summed E-state index contributed by atoms with van der Waals surface area (Å²) >= 11 is 0. The van der Waals surface area contributed by atoms with Crippen molar-refractivity contribution in [3.05, 3.63) is 78.9 Å². The van der Waals surface area contributed by atoms with E-state index in [2.05, 4.69) is 14.7 Å². The molecule has 0 saturated heterocycles. The fourth-order valence-electron chi connectivity index (χ4n) is 2.98. The van der Waals surface area contributed by atoms with Crippen molar-refractivity contribution < 1.29 is 12.8 Å². The number of nitrogens with one attached hydrogen (secondary N) is 2. The highest BCUT2D eigenvalue weighted by molar-refractivity contribution is 7.89. The van der Waals surface area contributed by atoms with Gasteiger partial charge < -0.3 is 4.98 Å². The first-order valence-corrected chi connectivity index (χ1v) is 10.3. The van der Waals surface area contributed by atoms with Gasteiger partial charge in [0.2, 0.25) is 10.0 Å². The monoisotopic (exact) mass is 408 g/mol. The fourth-order valence-corrected chi connectivity index (χ4v) is 3.76. The van der Waals surface area contributed by atoms with E-state index in [-0.39, 0.29) is 10.7 Å². The number of hydrogen-bond acceptors (Lipinski definition) is 4. The van der Waals surface area contributed by atoms with Crippen LogP contribution >= 0.6 is 0 Å². The van der Waals surface area contributed by atoms with Crippen LogP contribution in [-0.2, 0) is 10.0 Å². The molecule has 0 spiro atoms. The maximum atomic E-state index is 13.4. The lowest BCUT2D eigenvalue weighted by Crippen LogP contribution is -2.18. The lowest BCUT2D eigenvalue weighted by Gasteiger charge is -2.04. The summed E-state index contributed by atoms with van der Waals surface area (Å²) in [4.78, 5) is 12.2. The average molecular weight is 408 g/mol. The van der Waals surface area contributed by atoms with Crippen LogP contribution < -0.4 is 4.72 Å². The Morgan fingerprint density at radius 1 is 0.931 bits per heavy atom. The first-order chi connectivity index (χ1) is 14.0. The minimum atomic E-state index is -3.58. The normalized spacial score (nSPS) is 11.5. The SMILES string of the molecule is CNS(=O)(=O)c1cccc(-c2nc(-c3ccc(F)cc3)c(-c3ccncc3)[nH]2)c1. The van der Waals surface area contributed by atoms with E-state index in [1.807, 2.05) is 12.1 Å². The Bertz CT molecular complexity index is 1250. The molecule has 0 unspecified atom stereocenters. The number of H-pyrrole nitrogens is 1. The second-order valence-electron chi connectivity index (χ2n) is 6.29. The van der Waals surface area contributed by atoms with Crippen molar-refractivity contribution in [3.8, 4) is 33.9 Å². The number of benzene rings is 2. The molecule has 4 rings (SSSR count). The molecule has 0 aliphatic heterocycles. The van der Waals surface area contributed by atoms with E-state index in [9.17, 15) is 12.8 Å². The Morgan fingerprint density at radius 3 is 2.34 bits per heavy atom. The summed E-state index contributed by atoms with van der Waals surface area (Å²) in [5, 5.41) is 0. The van der Waals surface area contributed by atoms with Crippen LogP contribution in [0.5, 0.6) is 0 Å². The molecule has 4 aromatic rings.